The summed E-state index contributed by atoms with van der Waals surface area (Å²) in [5, 5.41) is 2.94. The van der Waals surface area contributed by atoms with Gasteiger partial charge < -0.3 is 5.32 Å². The van der Waals surface area contributed by atoms with Gasteiger partial charge in [0.25, 0.3) is 0 Å². The first-order valence-electron chi connectivity index (χ1n) is 5.09. The SMILES string of the molecule is CC1(NC=O)CCC(C(C)(C)C)C1. The van der Waals surface area contributed by atoms with E-state index in [2.05, 4.69) is 33.0 Å². The van der Waals surface area contributed by atoms with E-state index in [4.69, 9.17) is 0 Å². The molecule has 2 unspecified atom stereocenters. The number of hydrogen-bond donors (Lipinski definition) is 1. The molecule has 1 aliphatic rings. The van der Waals surface area contributed by atoms with E-state index < -0.39 is 0 Å². The lowest BCUT2D eigenvalue weighted by Crippen LogP contribution is -2.39. The van der Waals surface area contributed by atoms with Gasteiger partial charge in [0.2, 0.25) is 6.41 Å². The van der Waals surface area contributed by atoms with Crippen LogP contribution in [0.3, 0.4) is 0 Å². The largest absolute Gasteiger partial charge is 0.354 e. The van der Waals surface area contributed by atoms with Crippen molar-refractivity contribution in [1.82, 2.24) is 5.32 Å². The summed E-state index contributed by atoms with van der Waals surface area (Å²) in [4.78, 5) is 10.4. The summed E-state index contributed by atoms with van der Waals surface area (Å²) >= 11 is 0. The fourth-order valence-electron chi connectivity index (χ4n) is 2.25. The van der Waals surface area contributed by atoms with E-state index >= 15 is 0 Å². The summed E-state index contributed by atoms with van der Waals surface area (Å²) in [6.07, 6.45) is 4.31. The van der Waals surface area contributed by atoms with Crippen LogP contribution >= 0.6 is 0 Å². The first-order valence-corrected chi connectivity index (χ1v) is 5.09. The van der Waals surface area contributed by atoms with E-state index in [1.807, 2.05) is 0 Å². The van der Waals surface area contributed by atoms with Gasteiger partial charge in [0.05, 0.1) is 0 Å². The Labute approximate surface area is 81.1 Å². The smallest absolute Gasteiger partial charge is 0.207 e. The summed E-state index contributed by atoms with van der Waals surface area (Å²) in [7, 11) is 0. The molecule has 0 aromatic rings. The Morgan fingerprint density at radius 1 is 1.46 bits per heavy atom. The van der Waals surface area contributed by atoms with E-state index in [0.717, 1.165) is 25.2 Å². The van der Waals surface area contributed by atoms with Crippen molar-refractivity contribution in [2.45, 2.75) is 52.5 Å². The average molecular weight is 183 g/mol. The molecule has 2 atom stereocenters. The monoisotopic (exact) mass is 183 g/mol. The molecular weight excluding hydrogens is 162 g/mol. The second kappa shape index (κ2) is 3.32. The topological polar surface area (TPSA) is 29.1 Å². The molecule has 1 saturated carbocycles. The molecule has 1 fully saturated rings. The van der Waals surface area contributed by atoms with Gasteiger partial charge in [-0.1, -0.05) is 20.8 Å². The molecular formula is C11H21NO. The van der Waals surface area contributed by atoms with Crippen LogP contribution in [0.4, 0.5) is 0 Å². The van der Waals surface area contributed by atoms with Crippen molar-refractivity contribution in [2.75, 3.05) is 0 Å². The number of nitrogens with one attached hydrogen (secondary N) is 1. The van der Waals surface area contributed by atoms with Crippen LogP contribution in [0.2, 0.25) is 0 Å². The van der Waals surface area contributed by atoms with Crippen LogP contribution < -0.4 is 5.32 Å². The van der Waals surface area contributed by atoms with Crippen molar-refractivity contribution >= 4 is 6.41 Å². The Bertz CT molecular complexity index is 195. The van der Waals surface area contributed by atoms with Gasteiger partial charge in [-0.05, 0) is 37.5 Å². The third-order valence-electron chi connectivity index (χ3n) is 3.37. The molecule has 0 bridgehead atoms. The molecule has 0 radical (unpaired) electrons. The van der Waals surface area contributed by atoms with Gasteiger partial charge >= 0.3 is 0 Å². The van der Waals surface area contributed by atoms with E-state index in [1.54, 1.807) is 0 Å². The highest BCUT2D eigenvalue weighted by atomic mass is 16.1. The highest BCUT2D eigenvalue weighted by molar-refractivity contribution is 5.48. The lowest BCUT2D eigenvalue weighted by atomic mass is 9.79. The van der Waals surface area contributed by atoms with E-state index in [1.165, 1.54) is 6.42 Å². The molecule has 0 aromatic heterocycles. The number of carbonyl (C=O) groups excluding carboxylic acids is 1. The fourth-order valence-corrected chi connectivity index (χ4v) is 2.25. The molecule has 2 heteroatoms. The zero-order valence-electron chi connectivity index (χ0n) is 9.18. The van der Waals surface area contributed by atoms with E-state index in [9.17, 15) is 4.79 Å². The fraction of sp³-hybridized carbons (Fsp3) is 0.909. The summed E-state index contributed by atoms with van der Waals surface area (Å²) < 4.78 is 0. The normalized spacial score (nSPS) is 34.6. The van der Waals surface area contributed by atoms with Gasteiger partial charge in [-0.15, -0.1) is 0 Å². The second-order valence-corrected chi connectivity index (χ2v) is 5.63. The van der Waals surface area contributed by atoms with Crippen LogP contribution in [-0.4, -0.2) is 11.9 Å². The Morgan fingerprint density at radius 2 is 2.08 bits per heavy atom. The molecule has 0 heterocycles. The molecule has 1 aliphatic carbocycles. The molecule has 0 aromatic carbocycles. The maximum absolute atomic E-state index is 10.4. The third kappa shape index (κ3) is 2.45. The van der Waals surface area contributed by atoms with Crippen molar-refractivity contribution in [3.63, 3.8) is 0 Å². The Balaban J connectivity index is 2.58. The van der Waals surface area contributed by atoms with Crippen LogP contribution in [0.15, 0.2) is 0 Å². The zero-order chi connectivity index (χ0) is 10.1. The molecule has 0 spiro atoms. The highest BCUT2D eigenvalue weighted by Crippen LogP contribution is 2.43. The van der Waals surface area contributed by atoms with Gasteiger partial charge in [-0.25, -0.2) is 0 Å². The maximum Gasteiger partial charge on any atom is 0.207 e. The minimum Gasteiger partial charge on any atom is -0.354 e. The van der Waals surface area contributed by atoms with Crippen LogP contribution in [0, 0.1) is 11.3 Å². The maximum atomic E-state index is 10.4. The first-order chi connectivity index (χ1) is 5.87. The molecule has 1 amide bonds. The van der Waals surface area contributed by atoms with Gasteiger partial charge in [-0.3, -0.25) is 4.79 Å². The van der Waals surface area contributed by atoms with Gasteiger partial charge in [0.1, 0.15) is 0 Å². The molecule has 76 valence electrons. The number of carbonyl (C=O) groups is 1. The number of hydrogen-bond acceptors (Lipinski definition) is 1. The lowest BCUT2D eigenvalue weighted by Gasteiger charge is -2.29. The van der Waals surface area contributed by atoms with Crippen LogP contribution in [0.1, 0.15) is 47.0 Å². The molecule has 0 aliphatic heterocycles. The van der Waals surface area contributed by atoms with Crippen LogP contribution in [0.5, 0.6) is 0 Å². The standard InChI is InChI=1S/C11H21NO/c1-10(2,3)9-5-6-11(4,7-9)12-8-13/h8-9H,5-7H2,1-4H3,(H,12,13). The summed E-state index contributed by atoms with van der Waals surface area (Å²) in [5.41, 5.74) is 0.433. The minimum absolute atomic E-state index is 0.0553. The molecule has 0 saturated heterocycles. The van der Waals surface area contributed by atoms with Crippen molar-refractivity contribution < 1.29 is 4.79 Å². The Morgan fingerprint density at radius 3 is 2.46 bits per heavy atom. The first kappa shape index (κ1) is 10.6. The summed E-state index contributed by atoms with van der Waals surface area (Å²) in [6, 6.07) is 0. The Hall–Kier alpha value is -0.530. The molecule has 1 N–H and O–H groups in total. The van der Waals surface area contributed by atoms with Gasteiger partial charge in [-0.2, -0.15) is 0 Å². The van der Waals surface area contributed by atoms with Gasteiger partial charge in [0.15, 0.2) is 0 Å². The minimum atomic E-state index is 0.0553. The van der Waals surface area contributed by atoms with E-state index in [-0.39, 0.29) is 5.54 Å². The predicted octanol–water partition coefficient (Wildman–Crippen LogP) is 2.34. The van der Waals surface area contributed by atoms with Gasteiger partial charge in [0, 0.05) is 5.54 Å². The lowest BCUT2D eigenvalue weighted by molar-refractivity contribution is -0.111. The van der Waals surface area contributed by atoms with E-state index in [0.29, 0.717) is 5.41 Å². The average Bonchev–Trinajstić information content (AvgIpc) is 2.31. The van der Waals surface area contributed by atoms with Crippen LogP contribution in [0.25, 0.3) is 0 Å². The van der Waals surface area contributed by atoms with Crippen LogP contribution in [-0.2, 0) is 4.79 Å². The number of rotatable bonds is 2. The summed E-state index contributed by atoms with van der Waals surface area (Å²) in [6.45, 7) is 8.99. The second-order valence-electron chi connectivity index (χ2n) is 5.63. The van der Waals surface area contributed by atoms with Crippen molar-refractivity contribution in [3.8, 4) is 0 Å². The van der Waals surface area contributed by atoms with Crippen molar-refractivity contribution in [3.05, 3.63) is 0 Å². The highest BCUT2D eigenvalue weighted by Gasteiger charge is 2.39. The zero-order valence-corrected chi connectivity index (χ0v) is 9.18. The molecule has 2 nitrogen and oxygen atoms in total. The predicted molar refractivity (Wildman–Crippen MR) is 54.4 cm³/mol. The molecule has 13 heavy (non-hydrogen) atoms. The Kier molecular flexibility index (Phi) is 2.69. The van der Waals surface area contributed by atoms with Crippen molar-refractivity contribution in [1.29, 1.82) is 0 Å². The quantitative estimate of drug-likeness (QED) is 0.654. The summed E-state index contributed by atoms with van der Waals surface area (Å²) in [5.74, 6) is 0.741. The third-order valence-corrected chi connectivity index (χ3v) is 3.37. The number of amides is 1. The molecule has 1 rings (SSSR count). The van der Waals surface area contributed by atoms with Crippen molar-refractivity contribution in [2.24, 2.45) is 11.3 Å².